The molecule has 1 unspecified atom stereocenters. The molecule has 1 heterocycles. The van der Waals surface area contributed by atoms with Crippen LogP contribution in [0, 0.1) is 5.41 Å². The Morgan fingerprint density at radius 3 is 2.55 bits per heavy atom. The van der Waals surface area contributed by atoms with Gasteiger partial charge < -0.3 is 14.8 Å². The van der Waals surface area contributed by atoms with E-state index in [1.54, 1.807) is 20.3 Å². The van der Waals surface area contributed by atoms with E-state index >= 15 is 0 Å². The third-order valence-electron chi connectivity index (χ3n) is 3.92. The number of anilines is 1. The van der Waals surface area contributed by atoms with Gasteiger partial charge in [-0.25, -0.2) is 0 Å². The van der Waals surface area contributed by atoms with Crippen LogP contribution in [0.5, 0.6) is 11.5 Å². The van der Waals surface area contributed by atoms with Crippen LogP contribution in [0.4, 0.5) is 5.69 Å². The lowest BCUT2D eigenvalue weighted by Gasteiger charge is -2.39. The number of methoxy groups -OCH3 is 2. The summed E-state index contributed by atoms with van der Waals surface area (Å²) in [6.45, 7) is 4.62. The summed E-state index contributed by atoms with van der Waals surface area (Å²) in [6.07, 6.45) is 1.21. The Bertz CT molecular complexity index is 479. The van der Waals surface area contributed by atoms with Crippen molar-refractivity contribution in [3.63, 3.8) is 0 Å². The molecule has 1 aliphatic rings. The highest BCUT2D eigenvalue weighted by Gasteiger charge is 2.33. The monoisotopic (exact) mass is 315 g/mol. The Morgan fingerprint density at radius 2 is 1.95 bits per heavy atom. The van der Waals surface area contributed by atoms with Crippen molar-refractivity contribution in [2.24, 2.45) is 5.41 Å². The molecule has 112 valence electrons. The van der Waals surface area contributed by atoms with Crippen molar-refractivity contribution >= 4 is 29.1 Å². The number of halogens is 1. The number of benzene rings is 1. The third-order valence-corrected chi connectivity index (χ3v) is 5.28. The van der Waals surface area contributed by atoms with Gasteiger partial charge in [0.1, 0.15) is 11.5 Å². The number of thioether (sulfide) groups is 1. The highest BCUT2D eigenvalue weighted by molar-refractivity contribution is 7.99. The maximum absolute atomic E-state index is 6.14. The highest BCUT2D eigenvalue weighted by atomic mass is 35.5. The molecule has 20 heavy (non-hydrogen) atoms. The first kappa shape index (κ1) is 15.6. The SMILES string of the molecule is COc1cc(NC2CSCCC2(C)C)c(OC)cc1Cl. The van der Waals surface area contributed by atoms with Gasteiger partial charge in [-0.15, -0.1) is 0 Å². The summed E-state index contributed by atoms with van der Waals surface area (Å²) in [5.41, 5.74) is 1.21. The lowest BCUT2D eigenvalue weighted by Crippen LogP contribution is -2.41. The minimum Gasteiger partial charge on any atom is -0.495 e. The molecule has 1 fully saturated rings. The van der Waals surface area contributed by atoms with E-state index in [9.17, 15) is 0 Å². The minimum atomic E-state index is 0.267. The standard InChI is InChI=1S/C15H22ClNO2S/c1-15(2)5-6-20-9-14(15)17-11-8-12(18-3)10(16)7-13(11)19-4/h7-8,14,17H,5-6,9H2,1-4H3. The molecule has 0 radical (unpaired) electrons. The zero-order valence-electron chi connectivity index (χ0n) is 12.5. The third kappa shape index (κ3) is 3.29. The first-order valence-electron chi connectivity index (χ1n) is 6.73. The van der Waals surface area contributed by atoms with Crippen LogP contribution in [-0.4, -0.2) is 31.8 Å². The molecule has 0 spiro atoms. The summed E-state index contributed by atoms with van der Waals surface area (Å²) >= 11 is 8.13. The number of rotatable bonds is 4. The van der Waals surface area contributed by atoms with Gasteiger partial charge >= 0.3 is 0 Å². The van der Waals surface area contributed by atoms with Crippen molar-refractivity contribution in [1.82, 2.24) is 0 Å². The Kier molecular flexibility index (Phi) is 4.97. The average Bonchev–Trinajstić information content (AvgIpc) is 2.42. The predicted octanol–water partition coefficient (Wildman–Crippen LogP) is 4.30. The van der Waals surface area contributed by atoms with Crippen LogP contribution in [0.2, 0.25) is 5.02 Å². The maximum Gasteiger partial charge on any atom is 0.143 e. The van der Waals surface area contributed by atoms with Gasteiger partial charge in [0.15, 0.2) is 0 Å². The van der Waals surface area contributed by atoms with Crippen LogP contribution in [0.25, 0.3) is 0 Å². The van der Waals surface area contributed by atoms with Crippen LogP contribution >= 0.6 is 23.4 Å². The molecule has 1 aromatic carbocycles. The summed E-state index contributed by atoms with van der Waals surface area (Å²) in [7, 11) is 3.28. The minimum absolute atomic E-state index is 0.267. The number of hydrogen-bond acceptors (Lipinski definition) is 4. The molecule has 3 nitrogen and oxygen atoms in total. The van der Waals surface area contributed by atoms with E-state index < -0.39 is 0 Å². The van der Waals surface area contributed by atoms with Crippen molar-refractivity contribution in [3.8, 4) is 11.5 Å². The molecule has 1 saturated heterocycles. The Hall–Kier alpha value is -0.740. The van der Waals surface area contributed by atoms with Gasteiger partial charge in [-0.1, -0.05) is 25.4 Å². The summed E-state index contributed by atoms with van der Waals surface area (Å²) in [6, 6.07) is 4.11. The number of hydrogen-bond donors (Lipinski definition) is 1. The molecule has 1 atom stereocenters. The van der Waals surface area contributed by atoms with Crippen LogP contribution in [0.15, 0.2) is 12.1 Å². The van der Waals surface area contributed by atoms with E-state index in [1.165, 1.54) is 12.2 Å². The van der Waals surface area contributed by atoms with Crippen molar-refractivity contribution in [2.45, 2.75) is 26.3 Å². The molecule has 2 rings (SSSR count). The maximum atomic E-state index is 6.14. The van der Waals surface area contributed by atoms with Gasteiger partial charge in [0.2, 0.25) is 0 Å². The largest absolute Gasteiger partial charge is 0.495 e. The summed E-state index contributed by atoms with van der Waals surface area (Å²) in [5.74, 6) is 3.74. The normalized spacial score (nSPS) is 21.4. The molecular formula is C15H22ClNO2S. The van der Waals surface area contributed by atoms with Crippen LogP contribution in [0.1, 0.15) is 20.3 Å². The van der Waals surface area contributed by atoms with E-state index in [4.69, 9.17) is 21.1 Å². The first-order chi connectivity index (χ1) is 9.47. The zero-order valence-corrected chi connectivity index (χ0v) is 14.0. The molecule has 1 aromatic rings. The van der Waals surface area contributed by atoms with E-state index in [0.717, 1.165) is 17.2 Å². The molecule has 1 aliphatic heterocycles. The summed E-state index contributed by atoms with van der Waals surface area (Å²) in [5, 5.41) is 4.17. The quantitative estimate of drug-likeness (QED) is 0.897. The van der Waals surface area contributed by atoms with Gasteiger partial charge in [0.05, 0.1) is 24.9 Å². The van der Waals surface area contributed by atoms with Gasteiger partial charge in [0, 0.05) is 23.9 Å². The summed E-state index contributed by atoms with van der Waals surface area (Å²) in [4.78, 5) is 0. The molecule has 1 N–H and O–H groups in total. The molecule has 0 bridgehead atoms. The summed E-state index contributed by atoms with van der Waals surface area (Å²) < 4.78 is 10.7. The van der Waals surface area contributed by atoms with Gasteiger partial charge in [-0.05, 0) is 17.6 Å². The molecule has 0 amide bonds. The van der Waals surface area contributed by atoms with Crippen LogP contribution in [-0.2, 0) is 0 Å². The van der Waals surface area contributed by atoms with E-state index in [1.807, 2.05) is 17.8 Å². The van der Waals surface area contributed by atoms with Crippen molar-refractivity contribution in [1.29, 1.82) is 0 Å². The number of nitrogens with one attached hydrogen (secondary N) is 1. The van der Waals surface area contributed by atoms with Crippen LogP contribution < -0.4 is 14.8 Å². The second-order valence-electron chi connectivity index (χ2n) is 5.70. The Balaban J connectivity index is 2.27. The lowest BCUT2D eigenvalue weighted by molar-refractivity contribution is 0.304. The Labute approximate surface area is 130 Å². The van der Waals surface area contributed by atoms with Crippen molar-refractivity contribution in [3.05, 3.63) is 17.2 Å². The van der Waals surface area contributed by atoms with Crippen molar-refractivity contribution in [2.75, 3.05) is 31.0 Å². The lowest BCUT2D eigenvalue weighted by atomic mass is 9.82. The fourth-order valence-corrected chi connectivity index (χ4v) is 4.17. The molecule has 5 heteroatoms. The average molecular weight is 316 g/mol. The smallest absolute Gasteiger partial charge is 0.143 e. The van der Waals surface area contributed by atoms with Crippen molar-refractivity contribution < 1.29 is 9.47 Å². The zero-order chi connectivity index (χ0) is 14.8. The molecule has 0 saturated carbocycles. The second-order valence-corrected chi connectivity index (χ2v) is 7.25. The van der Waals surface area contributed by atoms with Gasteiger partial charge in [-0.2, -0.15) is 11.8 Å². The van der Waals surface area contributed by atoms with E-state index in [0.29, 0.717) is 16.8 Å². The fourth-order valence-electron chi connectivity index (χ4n) is 2.33. The molecular weight excluding hydrogens is 294 g/mol. The van der Waals surface area contributed by atoms with E-state index in [2.05, 4.69) is 19.2 Å². The highest BCUT2D eigenvalue weighted by Crippen LogP contribution is 2.40. The first-order valence-corrected chi connectivity index (χ1v) is 8.27. The van der Waals surface area contributed by atoms with Gasteiger partial charge in [-0.3, -0.25) is 0 Å². The van der Waals surface area contributed by atoms with E-state index in [-0.39, 0.29) is 5.41 Å². The van der Waals surface area contributed by atoms with Gasteiger partial charge in [0.25, 0.3) is 0 Å². The fraction of sp³-hybridized carbons (Fsp3) is 0.600. The second kappa shape index (κ2) is 6.35. The predicted molar refractivity (Wildman–Crippen MR) is 87.7 cm³/mol. The topological polar surface area (TPSA) is 30.5 Å². The molecule has 0 aromatic heterocycles. The number of ether oxygens (including phenoxy) is 2. The van der Waals surface area contributed by atoms with Crippen LogP contribution in [0.3, 0.4) is 0 Å². The molecule has 0 aliphatic carbocycles. The Morgan fingerprint density at radius 1 is 1.25 bits per heavy atom.